The van der Waals surface area contributed by atoms with Gasteiger partial charge in [-0.1, -0.05) is 0 Å². The lowest BCUT2D eigenvalue weighted by atomic mass is 10.1. The lowest BCUT2D eigenvalue weighted by molar-refractivity contribution is -0.418. The molecule has 0 saturated heterocycles. The van der Waals surface area contributed by atoms with Crippen LogP contribution in [0, 0.1) is 5.21 Å². The summed E-state index contributed by atoms with van der Waals surface area (Å²) >= 11 is 1.65. The Morgan fingerprint density at radius 1 is 1.50 bits per heavy atom. The minimum Gasteiger partial charge on any atom is -0.624 e. The fourth-order valence-electron chi connectivity index (χ4n) is 1.47. The highest BCUT2D eigenvalue weighted by molar-refractivity contribution is 7.17. The second-order valence-electron chi connectivity index (χ2n) is 3.53. The summed E-state index contributed by atoms with van der Waals surface area (Å²) in [6.45, 7) is 0. The number of hydrogen-bond acceptors (Lipinski definition) is 3. The molecule has 0 N–H and O–H groups in total. The Balaban J connectivity index is 2.25. The third kappa shape index (κ3) is 2.28. The standard InChI is InChI=1S/C12H11NO2S/c1-13(15)6-4-11(14)9-2-3-12-10(8-9)5-7-16-12/h2-3,5-8H,4H2,1H3/b13-6-. The van der Waals surface area contributed by atoms with Crippen LogP contribution in [0.3, 0.4) is 0 Å². The number of hydrogen-bond donors (Lipinski definition) is 0. The van der Waals surface area contributed by atoms with E-state index < -0.39 is 0 Å². The van der Waals surface area contributed by atoms with Gasteiger partial charge >= 0.3 is 0 Å². The number of thiophene rings is 1. The van der Waals surface area contributed by atoms with Gasteiger partial charge in [-0.25, -0.2) is 4.74 Å². The van der Waals surface area contributed by atoms with Crippen LogP contribution in [0.1, 0.15) is 16.8 Å². The largest absolute Gasteiger partial charge is 0.624 e. The average molecular weight is 233 g/mol. The lowest BCUT2D eigenvalue weighted by Crippen LogP contribution is -2.04. The SMILES string of the molecule is C/[N+]([O-])=C/CC(=O)c1ccc2sccc2c1. The maximum atomic E-state index is 11.7. The van der Waals surface area contributed by atoms with Gasteiger partial charge < -0.3 is 5.21 Å². The summed E-state index contributed by atoms with van der Waals surface area (Å²) in [6.07, 6.45) is 1.48. The molecule has 1 aromatic carbocycles. The van der Waals surface area contributed by atoms with Crippen molar-refractivity contribution in [2.24, 2.45) is 0 Å². The van der Waals surface area contributed by atoms with E-state index in [9.17, 15) is 10.0 Å². The predicted octanol–water partition coefficient (Wildman–Crippen LogP) is 2.69. The van der Waals surface area contributed by atoms with Crippen LogP contribution in [0.4, 0.5) is 0 Å². The van der Waals surface area contributed by atoms with Crippen molar-refractivity contribution in [2.45, 2.75) is 6.42 Å². The first-order valence-corrected chi connectivity index (χ1v) is 5.78. The van der Waals surface area contributed by atoms with E-state index in [0.717, 1.165) is 5.39 Å². The molecule has 3 nitrogen and oxygen atoms in total. The summed E-state index contributed by atoms with van der Waals surface area (Å²) < 4.78 is 1.82. The molecule has 0 aliphatic rings. The Labute approximate surface area is 97.2 Å². The van der Waals surface area contributed by atoms with E-state index in [1.807, 2.05) is 23.6 Å². The van der Waals surface area contributed by atoms with Gasteiger partial charge in [0.2, 0.25) is 0 Å². The molecule has 0 aliphatic heterocycles. The Bertz CT molecular complexity index is 553. The van der Waals surface area contributed by atoms with Crippen LogP contribution < -0.4 is 0 Å². The van der Waals surface area contributed by atoms with Crippen LogP contribution >= 0.6 is 11.3 Å². The van der Waals surface area contributed by atoms with Gasteiger partial charge in [0.1, 0.15) is 7.05 Å². The number of rotatable bonds is 3. The first-order valence-electron chi connectivity index (χ1n) is 4.90. The predicted molar refractivity (Wildman–Crippen MR) is 66.4 cm³/mol. The van der Waals surface area contributed by atoms with Crippen molar-refractivity contribution in [1.82, 2.24) is 0 Å². The molecule has 2 aromatic rings. The minimum atomic E-state index is -0.0317. The van der Waals surface area contributed by atoms with Crippen LogP contribution in [0.25, 0.3) is 10.1 Å². The number of carbonyl (C=O) groups excluding carboxylic acids is 1. The van der Waals surface area contributed by atoms with Crippen molar-refractivity contribution in [3.8, 4) is 0 Å². The Morgan fingerprint density at radius 2 is 2.31 bits per heavy atom. The van der Waals surface area contributed by atoms with Gasteiger partial charge in [-0.2, -0.15) is 0 Å². The Hall–Kier alpha value is -1.68. The van der Waals surface area contributed by atoms with Crippen molar-refractivity contribution in [3.05, 3.63) is 40.4 Å². The van der Waals surface area contributed by atoms with Gasteiger partial charge in [0.15, 0.2) is 12.0 Å². The molecule has 0 amide bonds. The van der Waals surface area contributed by atoms with Gasteiger partial charge in [-0.05, 0) is 35.0 Å². The summed E-state index contributed by atoms with van der Waals surface area (Å²) in [7, 11) is 1.37. The number of benzene rings is 1. The Kier molecular flexibility index (Phi) is 3.01. The maximum absolute atomic E-state index is 11.7. The molecule has 82 valence electrons. The van der Waals surface area contributed by atoms with Crippen molar-refractivity contribution in [3.63, 3.8) is 0 Å². The highest BCUT2D eigenvalue weighted by Crippen LogP contribution is 2.22. The molecule has 4 heteroatoms. The van der Waals surface area contributed by atoms with E-state index in [1.54, 1.807) is 17.4 Å². The number of fused-ring (bicyclic) bond motifs is 1. The maximum Gasteiger partial charge on any atom is 0.172 e. The van der Waals surface area contributed by atoms with Crippen LogP contribution in [0.5, 0.6) is 0 Å². The molecule has 2 rings (SSSR count). The van der Waals surface area contributed by atoms with Gasteiger partial charge in [-0.15, -0.1) is 11.3 Å². The fourth-order valence-corrected chi connectivity index (χ4v) is 2.24. The summed E-state index contributed by atoms with van der Waals surface area (Å²) in [6, 6.07) is 7.60. The second-order valence-corrected chi connectivity index (χ2v) is 4.48. The fraction of sp³-hybridized carbons (Fsp3) is 0.167. The molecule has 0 bridgehead atoms. The average Bonchev–Trinajstić information content (AvgIpc) is 2.72. The van der Waals surface area contributed by atoms with E-state index in [1.165, 1.54) is 18.0 Å². The first kappa shape index (κ1) is 10.8. The minimum absolute atomic E-state index is 0.0317. The number of Topliss-reactive ketones (excluding diaryl/α,β-unsaturated/α-hetero) is 1. The second kappa shape index (κ2) is 4.45. The lowest BCUT2D eigenvalue weighted by Gasteiger charge is -1.98. The zero-order valence-corrected chi connectivity index (χ0v) is 9.66. The summed E-state index contributed by atoms with van der Waals surface area (Å²) in [5.74, 6) is -0.0317. The molecule has 0 unspecified atom stereocenters. The van der Waals surface area contributed by atoms with Crippen molar-refractivity contribution >= 4 is 33.4 Å². The molecule has 0 atom stereocenters. The highest BCUT2D eigenvalue weighted by Gasteiger charge is 2.06. The quantitative estimate of drug-likeness (QED) is 0.269. The van der Waals surface area contributed by atoms with Crippen LogP contribution in [-0.4, -0.2) is 23.8 Å². The zero-order chi connectivity index (χ0) is 11.5. The number of hydroxylamine groups is 1. The normalized spacial score (nSPS) is 11.9. The first-order chi connectivity index (χ1) is 7.66. The molecule has 0 spiro atoms. The summed E-state index contributed by atoms with van der Waals surface area (Å²) in [5.41, 5.74) is 0.656. The van der Waals surface area contributed by atoms with Gasteiger partial charge in [0.05, 0.1) is 6.42 Å². The topological polar surface area (TPSA) is 43.1 Å². The molecule has 1 aromatic heterocycles. The van der Waals surface area contributed by atoms with Crippen LogP contribution in [0.15, 0.2) is 29.6 Å². The summed E-state index contributed by atoms with van der Waals surface area (Å²) in [5, 5.41) is 13.7. The Morgan fingerprint density at radius 3 is 3.06 bits per heavy atom. The van der Waals surface area contributed by atoms with Crippen LogP contribution in [0.2, 0.25) is 0 Å². The smallest absolute Gasteiger partial charge is 0.172 e. The van der Waals surface area contributed by atoms with E-state index in [-0.39, 0.29) is 12.2 Å². The molecule has 0 fully saturated rings. The van der Waals surface area contributed by atoms with E-state index in [2.05, 4.69) is 0 Å². The summed E-state index contributed by atoms with van der Waals surface area (Å²) in [4.78, 5) is 11.7. The van der Waals surface area contributed by atoms with Gasteiger partial charge in [0, 0.05) is 10.3 Å². The van der Waals surface area contributed by atoms with Crippen LogP contribution in [-0.2, 0) is 0 Å². The number of ketones is 1. The van der Waals surface area contributed by atoms with Gasteiger partial charge in [-0.3, -0.25) is 4.79 Å². The van der Waals surface area contributed by atoms with Crippen molar-refractivity contribution < 1.29 is 9.53 Å². The van der Waals surface area contributed by atoms with Crippen molar-refractivity contribution in [2.75, 3.05) is 7.05 Å². The molecular weight excluding hydrogens is 222 g/mol. The van der Waals surface area contributed by atoms with E-state index in [0.29, 0.717) is 10.3 Å². The highest BCUT2D eigenvalue weighted by atomic mass is 32.1. The van der Waals surface area contributed by atoms with E-state index >= 15 is 0 Å². The number of nitrogens with zero attached hydrogens (tertiary/aromatic N) is 1. The molecule has 0 radical (unpaired) electrons. The number of carbonyl (C=O) groups is 1. The monoisotopic (exact) mass is 233 g/mol. The van der Waals surface area contributed by atoms with Crippen molar-refractivity contribution in [1.29, 1.82) is 0 Å². The molecule has 0 aliphatic carbocycles. The third-order valence-electron chi connectivity index (χ3n) is 2.31. The third-order valence-corrected chi connectivity index (χ3v) is 3.21. The van der Waals surface area contributed by atoms with E-state index in [4.69, 9.17) is 0 Å². The van der Waals surface area contributed by atoms with Gasteiger partial charge in [0.25, 0.3) is 0 Å². The molecule has 1 heterocycles. The molecule has 16 heavy (non-hydrogen) atoms. The zero-order valence-electron chi connectivity index (χ0n) is 8.84. The molecule has 0 saturated carbocycles. The molecular formula is C12H11NO2S.